The molecule has 2 amide bonds. The first-order valence-corrected chi connectivity index (χ1v) is 13.3. The van der Waals surface area contributed by atoms with Crippen molar-refractivity contribution in [3.05, 3.63) is 88.9 Å². The normalized spacial score (nSPS) is 17.1. The second-order valence-corrected chi connectivity index (χ2v) is 10.0. The minimum absolute atomic E-state index is 0.0700. The minimum atomic E-state index is -0.185. The topological polar surface area (TPSA) is 67.9 Å². The van der Waals surface area contributed by atoms with Gasteiger partial charge < -0.3 is 20.4 Å². The highest BCUT2D eigenvalue weighted by Crippen LogP contribution is 2.38. The molecule has 196 valence electrons. The molecule has 0 unspecified atom stereocenters. The number of nitrogens with zero attached hydrogens (tertiary/aromatic N) is 3. The summed E-state index contributed by atoms with van der Waals surface area (Å²) in [5, 5.41) is 6.96. The number of halogens is 1. The highest BCUT2D eigenvalue weighted by molar-refractivity contribution is 6.38. The molecule has 3 aromatic carbocycles. The summed E-state index contributed by atoms with van der Waals surface area (Å²) in [5.41, 5.74) is 5.27. The average Bonchev–Trinajstić information content (AvgIpc) is 3.26. The molecule has 1 saturated heterocycles. The van der Waals surface area contributed by atoms with Crippen LogP contribution in [0.5, 0.6) is 0 Å². The summed E-state index contributed by atoms with van der Waals surface area (Å²) < 4.78 is 0. The molecule has 1 fully saturated rings. The Bertz CT molecular complexity index is 1350. The SMILES string of the molecule is CCN1CCN(CC(=O)N(C)c2ccc(N/C(=C3\C(=O)Nc4cc(Cl)ccc43)c3ccccc3)cc2)CC1. The van der Waals surface area contributed by atoms with Crippen molar-refractivity contribution in [2.45, 2.75) is 6.92 Å². The first-order valence-electron chi connectivity index (χ1n) is 12.9. The standard InChI is InChI=1S/C30H32ClN5O2/c1-3-35-15-17-36(18-16-35)20-27(37)34(2)24-12-10-23(11-13-24)32-29(21-7-5-4-6-8-21)28-25-14-9-22(31)19-26(25)33-30(28)38/h4-14,19,32H,3,15-18,20H2,1-2H3,(H,33,38)/b29-28-. The number of fused-ring (bicyclic) bond motifs is 1. The molecule has 2 N–H and O–H groups in total. The van der Waals surface area contributed by atoms with Crippen molar-refractivity contribution in [2.75, 3.05) is 61.8 Å². The van der Waals surface area contributed by atoms with Crippen LogP contribution in [-0.2, 0) is 9.59 Å². The molecule has 2 aliphatic rings. The van der Waals surface area contributed by atoms with E-state index in [2.05, 4.69) is 27.4 Å². The first-order chi connectivity index (χ1) is 18.4. The van der Waals surface area contributed by atoms with E-state index in [9.17, 15) is 9.59 Å². The van der Waals surface area contributed by atoms with E-state index in [1.165, 1.54) is 0 Å². The average molecular weight is 530 g/mol. The Balaban J connectivity index is 1.35. The van der Waals surface area contributed by atoms with Crippen LogP contribution in [0.15, 0.2) is 72.8 Å². The Kier molecular flexibility index (Phi) is 7.79. The van der Waals surface area contributed by atoms with Crippen LogP contribution < -0.4 is 15.5 Å². The number of amides is 2. The third-order valence-corrected chi connectivity index (χ3v) is 7.44. The van der Waals surface area contributed by atoms with Crippen LogP contribution in [-0.4, -0.2) is 67.9 Å². The number of carbonyl (C=O) groups excluding carboxylic acids is 2. The lowest BCUT2D eigenvalue weighted by molar-refractivity contribution is -0.119. The molecule has 5 rings (SSSR count). The quantitative estimate of drug-likeness (QED) is 0.427. The Morgan fingerprint density at radius 2 is 1.66 bits per heavy atom. The lowest BCUT2D eigenvalue weighted by Gasteiger charge is -2.34. The minimum Gasteiger partial charge on any atom is -0.354 e. The second kappa shape index (κ2) is 11.4. The number of nitrogens with one attached hydrogen (secondary N) is 2. The number of hydrogen-bond donors (Lipinski definition) is 2. The maximum atomic E-state index is 13.1. The molecule has 0 atom stereocenters. The zero-order chi connectivity index (χ0) is 26.6. The summed E-state index contributed by atoms with van der Waals surface area (Å²) in [6, 6.07) is 22.9. The number of carbonyl (C=O) groups is 2. The van der Waals surface area contributed by atoms with Gasteiger partial charge in [-0.25, -0.2) is 0 Å². The van der Waals surface area contributed by atoms with Gasteiger partial charge in [0.05, 0.1) is 23.5 Å². The van der Waals surface area contributed by atoms with E-state index in [-0.39, 0.29) is 11.8 Å². The number of rotatable bonds is 7. The lowest BCUT2D eigenvalue weighted by atomic mass is 10.00. The van der Waals surface area contributed by atoms with Crippen molar-refractivity contribution < 1.29 is 9.59 Å². The van der Waals surface area contributed by atoms with Crippen LogP contribution in [0.4, 0.5) is 17.1 Å². The predicted molar refractivity (Wildman–Crippen MR) is 155 cm³/mol. The molecular weight excluding hydrogens is 498 g/mol. The summed E-state index contributed by atoms with van der Waals surface area (Å²) >= 11 is 6.16. The monoisotopic (exact) mass is 529 g/mol. The van der Waals surface area contributed by atoms with Gasteiger partial charge >= 0.3 is 0 Å². The van der Waals surface area contributed by atoms with Gasteiger partial charge in [0.15, 0.2) is 0 Å². The first kappa shape index (κ1) is 26.0. The van der Waals surface area contributed by atoms with Gasteiger partial charge in [-0.3, -0.25) is 14.5 Å². The zero-order valence-corrected chi connectivity index (χ0v) is 22.5. The molecule has 2 aliphatic heterocycles. The number of hydrogen-bond acceptors (Lipinski definition) is 5. The lowest BCUT2D eigenvalue weighted by Crippen LogP contribution is -2.49. The smallest absolute Gasteiger partial charge is 0.258 e. The third-order valence-electron chi connectivity index (χ3n) is 7.21. The predicted octanol–water partition coefficient (Wildman–Crippen LogP) is 4.87. The van der Waals surface area contributed by atoms with Gasteiger partial charge in [-0.15, -0.1) is 0 Å². The zero-order valence-electron chi connectivity index (χ0n) is 21.7. The van der Waals surface area contributed by atoms with Crippen LogP contribution in [0, 0.1) is 0 Å². The Morgan fingerprint density at radius 3 is 2.34 bits per heavy atom. The molecule has 0 aliphatic carbocycles. The van der Waals surface area contributed by atoms with Gasteiger partial charge in [0.1, 0.15) is 0 Å². The van der Waals surface area contributed by atoms with Crippen molar-refractivity contribution in [3.8, 4) is 0 Å². The third kappa shape index (κ3) is 5.60. The van der Waals surface area contributed by atoms with Crippen LogP contribution in [0.25, 0.3) is 11.3 Å². The molecule has 3 aromatic rings. The maximum absolute atomic E-state index is 13.1. The number of anilines is 3. The van der Waals surface area contributed by atoms with Crippen LogP contribution >= 0.6 is 11.6 Å². The summed E-state index contributed by atoms with van der Waals surface area (Å²) in [6.45, 7) is 7.47. The highest BCUT2D eigenvalue weighted by atomic mass is 35.5. The van der Waals surface area contributed by atoms with Crippen molar-refractivity contribution >= 4 is 51.7 Å². The summed E-state index contributed by atoms with van der Waals surface area (Å²) in [5.74, 6) is -0.115. The molecule has 0 radical (unpaired) electrons. The Hall–Kier alpha value is -3.65. The molecule has 0 spiro atoms. The maximum Gasteiger partial charge on any atom is 0.258 e. The Labute approximate surface area is 228 Å². The molecule has 0 saturated carbocycles. The van der Waals surface area contributed by atoms with E-state index in [4.69, 9.17) is 11.6 Å². The van der Waals surface area contributed by atoms with E-state index in [1.807, 2.05) is 67.7 Å². The molecule has 0 aromatic heterocycles. The molecule has 8 heteroatoms. The summed E-state index contributed by atoms with van der Waals surface area (Å²) in [6.07, 6.45) is 0. The largest absolute Gasteiger partial charge is 0.354 e. The summed E-state index contributed by atoms with van der Waals surface area (Å²) in [4.78, 5) is 32.3. The van der Waals surface area contributed by atoms with E-state index in [0.29, 0.717) is 28.5 Å². The fourth-order valence-corrected chi connectivity index (χ4v) is 5.07. The van der Waals surface area contributed by atoms with E-state index in [1.54, 1.807) is 17.0 Å². The van der Waals surface area contributed by atoms with E-state index >= 15 is 0 Å². The molecule has 7 nitrogen and oxygen atoms in total. The fraction of sp³-hybridized carbons (Fsp3) is 0.267. The van der Waals surface area contributed by atoms with Crippen LogP contribution in [0.3, 0.4) is 0 Å². The van der Waals surface area contributed by atoms with Crippen LogP contribution in [0.2, 0.25) is 5.02 Å². The van der Waals surface area contributed by atoms with E-state index in [0.717, 1.165) is 55.2 Å². The van der Waals surface area contributed by atoms with Crippen LogP contribution in [0.1, 0.15) is 18.1 Å². The van der Waals surface area contributed by atoms with Gasteiger partial charge in [-0.05, 0) is 48.5 Å². The number of piperazine rings is 1. The van der Waals surface area contributed by atoms with Gasteiger partial charge in [0, 0.05) is 55.2 Å². The van der Waals surface area contributed by atoms with E-state index < -0.39 is 0 Å². The Morgan fingerprint density at radius 1 is 0.974 bits per heavy atom. The van der Waals surface area contributed by atoms with Gasteiger partial charge in [-0.2, -0.15) is 0 Å². The molecule has 2 heterocycles. The van der Waals surface area contributed by atoms with Gasteiger partial charge in [0.2, 0.25) is 5.91 Å². The molecule has 0 bridgehead atoms. The number of benzene rings is 3. The van der Waals surface area contributed by atoms with Gasteiger partial charge in [0.25, 0.3) is 5.91 Å². The second-order valence-electron chi connectivity index (χ2n) is 9.60. The fourth-order valence-electron chi connectivity index (χ4n) is 4.89. The molecule has 38 heavy (non-hydrogen) atoms. The van der Waals surface area contributed by atoms with Crippen molar-refractivity contribution in [1.82, 2.24) is 9.80 Å². The van der Waals surface area contributed by atoms with Crippen molar-refractivity contribution in [2.24, 2.45) is 0 Å². The summed E-state index contributed by atoms with van der Waals surface area (Å²) in [7, 11) is 1.81. The number of likely N-dealkylation sites (N-methyl/N-ethyl adjacent to an activating group) is 2. The van der Waals surface area contributed by atoms with Crippen molar-refractivity contribution in [1.29, 1.82) is 0 Å². The van der Waals surface area contributed by atoms with Crippen molar-refractivity contribution in [3.63, 3.8) is 0 Å². The molecular formula is C30H32ClN5O2. The van der Waals surface area contributed by atoms with Gasteiger partial charge in [-0.1, -0.05) is 54.9 Å². The highest BCUT2D eigenvalue weighted by Gasteiger charge is 2.28.